The highest BCUT2D eigenvalue weighted by molar-refractivity contribution is 8.03. The van der Waals surface area contributed by atoms with Crippen LogP contribution < -0.4 is 0 Å². The van der Waals surface area contributed by atoms with Crippen LogP contribution in [0.5, 0.6) is 0 Å². The van der Waals surface area contributed by atoms with Gasteiger partial charge in [-0.25, -0.2) is 9.78 Å². The second kappa shape index (κ2) is 10.2. The van der Waals surface area contributed by atoms with Gasteiger partial charge < -0.3 is 14.4 Å². The number of esters is 1. The first-order valence-electron chi connectivity index (χ1n) is 13.0. The molecule has 5 rings (SSSR count). The number of aromatic nitrogens is 2. The van der Waals surface area contributed by atoms with Crippen molar-refractivity contribution < 1.29 is 14.6 Å². The number of rotatable bonds is 7. The summed E-state index contributed by atoms with van der Waals surface area (Å²) in [6.45, 7) is 4.16. The molecule has 2 heterocycles. The molecule has 1 aliphatic heterocycles. The van der Waals surface area contributed by atoms with Crippen molar-refractivity contribution in [3.8, 4) is 0 Å². The number of allylic oxidation sites excluding steroid dienone is 2. The Labute approximate surface area is 217 Å². The van der Waals surface area contributed by atoms with E-state index < -0.39 is 11.6 Å². The van der Waals surface area contributed by atoms with Crippen LogP contribution in [0, 0.1) is 5.92 Å². The van der Waals surface area contributed by atoms with Crippen molar-refractivity contribution >= 4 is 40.4 Å². The second-order valence-electron chi connectivity index (χ2n) is 10.6. The van der Waals surface area contributed by atoms with Crippen LogP contribution in [0.3, 0.4) is 0 Å². The first-order chi connectivity index (χ1) is 16.9. The topological polar surface area (TPSA) is 64.3 Å². The van der Waals surface area contributed by atoms with Gasteiger partial charge in [-0.15, -0.1) is 0 Å². The van der Waals surface area contributed by atoms with E-state index in [2.05, 4.69) is 24.5 Å². The fourth-order valence-corrected chi connectivity index (χ4v) is 7.30. The molecule has 0 spiro atoms. The lowest BCUT2D eigenvalue weighted by Gasteiger charge is -2.42. The summed E-state index contributed by atoms with van der Waals surface area (Å²) in [4.78, 5) is 18.5. The number of halogens is 1. The summed E-state index contributed by atoms with van der Waals surface area (Å²) >= 11 is 7.40. The maximum absolute atomic E-state index is 13.4. The molecule has 7 heteroatoms. The van der Waals surface area contributed by atoms with Crippen LogP contribution in [0.25, 0.3) is 11.0 Å². The minimum absolute atomic E-state index is 0.132. The fraction of sp³-hybridized carbons (Fsp3) is 0.571. The van der Waals surface area contributed by atoms with E-state index in [4.69, 9.17) is 21.3 Å². The summed E-state index contributed by atoms with van der Waals surface area (Å²) < 4.78 is 8.42. The summed E-state index contributed by atoms with van der Waals surface area (Å²) in [5.74, 6) is 0.0477. The Morgan fingerprint density at radius 1 is 1.26 bits per heavy atom. The lowest BCUT2D eigenvalue weighted by molar-refractivity contribution is -0.166. The largest absolute Gasteiger partial charge is 0.511 e. The molecule has 0 amide bonds. The number of ether oxygens (including phenoxy) is 1. The van der Waals surface area contributed by atoms with E-state index in [1.54, 1.807) is 0 Å². The number of fused-ring (bicyclic) bond motifs is 1. The molecule has 1 saturated carbocycles. The zero-order valence-corrected chi connectivity index (χ0v) is 22.3. The Bertz CT molecular complexity index is 1180. The predicted octanol–water partition coefficient (Wildman–Crippen LogP) is 8.29. The van der Waals surface area contributed by atoms with Crippen molar-refractivity contribution in [1.29, 1.82) is 0 Å². The van der Waals surface area contributed by atoms with Gasteiger partial charge in [-0.2, -0.15) is 0 Å². The summed E-state index contributed by atoms with van der Waals surface area (Å²) in [5.41, 5.74) is 2.61. The maximum atomic E-state index is 13.4. The molecular formula is C28H35ClN2O3S. The molecule has 3 aliphatic rings. The van der Waals surface area contributed by atoms with E-state index in [1.807, 2.05) is 18.2 Å². The summed E-state index contributed by atoms with van der Waals surface area (Å²) in [5, 5.41) is 12.6. The zero-order valence-electron chi connectivity index (χ0n) is 20.7. The normalized spacial score (nSPS) is 23.9. The molecule has 0 saturated heterocycles. The highest BCUT2D eigenvalue weighted by atomic mass is 35.5. The molecule has 2 aliphatic carbocycles. The number of aliphatic hydroxyl groups is 1. The highest BCUT2D eigenvalue weighted by Crippen LogP contribution is 2.49. The second-order valence-corrected chi connectivity index (χ2v) is 12.0. The lowest BCUT2D eigenvalue weighted by Crippen LogP contribution is -2.45. The van der Waals surface area contributed by atoms with Gasteiger partial charge in [0.2, 0.25) is 0 Å². The SMILES string of the molecule is CC(C)n1c(SC2=C(O)CC(CCC3=CCCCC3)(C3CCCC3)OC2=O)nc2cc(Cl)ccc21. The maximum Gasteiger partial charge on any atom is 0.349 e. The van der Waals surface area contributed by atoms with Crippen LogP contribution in [0.4, 0.5) is 0 Å². The predicted molar refractivity (Wildman–Crippen MR) is 142 cm³/mol. The molecule has 1 aromatic carbocycles. The molecule has 1 atom stereocenters. The third-order valence-electron chi connectivity index (χ3n) is 7.89. The number of cyclic esters (lactones) is 1. The monoisotopic (exact) mass is 514 g/mol. The Morgan fingerprint density at radius 2 is 2.06 bits per heavy atom. The van der Waals surface area contributed by atoms with Gasteiger partial charge in [-0.3, -0.25) is 0 Å². The van der Waals surface area contributed by atoms with Gasteiger partial charge in [0.25, 0.3) is 0 Å². The van der Waals surface area contributed by atoms with Gasteiger partial charge >= 0.3 is 5.97 Å². The highest BCUT2D eigenvalue weighted by Gasteiger charge is 2.48. The molecule has 1 fully saturated rings. The zero-order chi connectivity index (χ0) is 24.6. The molecule has 1 N–H and O–H groups in total. The average Bonchev–Trinajstić information content (AvgIpc) is 3.49. The van der Waals surface area contributed by atoms with Crippen molar-refractivity contribution in [2.75, 3.05) is 0 Å². The quantitative estimate of drug-likeness (QED) is 0.297. The summed E-state index contributed by atoms with van der Waals surface area (Å²) in [7, 11) is 0. The summed E-state index contributed by atoms with van der Waals surface area (Å²) in [6.07, 6.45) is 13.8. The van der Waals surface area contributed by atoms with E-state index >= 15 is 0 Å². The van der Waals surface area contributed by atoms with Gasteiger partial charge in [-0.1, -0.05) is 36.1 Å². The van der Waals surface area contributed by atoms with Crippen molar-refractivity contribution in [2.45, 2.75) is 101 Å². The first kappa shape index (κ1) is 24.8. The molecule has 5 nitrogen and oxygen atoms in total. The minimum atomic E-state index is -0.605. The van der Waals surface area contributed by atoms with Crippen LogP contribution in [0.15, 0.2) is 45.7 Å². The number of imidazole rings is 1. The number of hydrogen-bond acceptors (Lipinski definition) is 5. The Balaban J connectivity index is 1.44. The third-order valence-corrected chi connectivity index (χ3v) is 9.20. The smallest absolute Gasteiger partial charge is 0.349 e. The third kappa shape index (κ3) is 5.01. The van der Waals surface area contributed by atoms with Gasteiger partial charge in [0.05, 0.1) is 11.0 Å². The minimum Gasteiger partial charge on any atom is -0.511 e. The van der Waals surface area contributed by atoms with Gasteiger partial charge in [0, 0.05) is 17.5 Å². The Hall–Kier alpha value is -1.92. The molecule has 35 heavy (non-hydrogen) atoms. The number of carbonyl (C=O) groups is 1. The number of benzene rings is 1. The fourth-order valence-electron chi connectivity index (χ4n) is 6.09. The Morgan fingerprint density at radius 3 is 2.74 bits per heavy atom. The van der Waals surface area contributed by atoms with Gasteiger partial charge in [0.1, 0.15) is 16.3 Å². The number of aliphatic hydroxyl groups excluding tert-OH is 1. The van der Waals surface area contributed by atoms with Crippen molar-refractivity contribution in [3.63, 3.8) is 0 Å². The van der Waals surface area contributed by atoms with E-state index in [0.717, 1.165) is 49.6 Å². The van der Waals surface area contributed by atoms with E-state index in [0.29, 0.717) is 22.5 Å². The van der Waals surface area contributed by atoms with E-state index in [-0.39, 0.29) is 16.7 Å². The number of nitrogens with zero attached hydrogens (tertiary/aromatic N) is 2. The van der Waals surface area contributed by atoms with E-state index in [9.17, 15) is 9.90 Å². The molecule has 188 valence electrons. The van der Waals surface area contributed by atoms with Gasteiger partial charge in [-0.05, 0) is 101 Å². The molecule has 2 aromatic rings. The van der Waals surface area contributed by atoms with Crippen molar-refractivity contribution in [1.82, 2.24) is 9.55 Å². The Kier molecular flexibility index (Phi) is 7.23. The average molecular weight is 515 g/mol. The number of thioether (sulfide) groups is 1. The van der Waals surface area contributed by atoms with Crippen LogP contribution in [-0.4, -0.2) is 26.2 Å². The molecule has 1 unspecified atom stereocenters. The van der Waals surface area contributed by atoms with Crippen LogP contribution in [0.2, 0.25) is 5.02 Å². The van der Waals surface area contributed by atoms with Crippen LogP contribution in [0.1, 0.15) is 90.5 Å². The summed E-state index contributed by atoms with van der Waals surface area (Å²) in [6, 6.07) is 5.76. The van der Waals surface area contributed by atoms with Crippen molar-refractivity contribution in [3.05, 3.63) is 45.5 Å². The molecule has 1 aromatic heterocycles. The van der Waals surface area contributed by atoms with Crippen molar-refractivity contribution in [2.24, 2.45) is 5.92 Å². The first-order valence-corrected chi connectivity index (χ1v) is 14.2. The molecule has 0 bridgehead atoms. The number of carbonyl (C=O) groups excluding carboxylic acids is 1. The van der Waals surface area contributed by atoms with Crippen LogP contribution in [-0.2, 0) is 9.53 Å². The lowest BCUT2D eigenvalue weighted by atomic mass is 9.76. The van der Waals surface area contributed by atoms with Crippen LogP contribution >= 0.6 is 23.4 Å². The number of hydrogen-bond donors (Lipinski definition) is 1. The van der Waals surface area contributed by atoms with Gasteiger partial charge in [0.15, 0.2) is 5.16 Å². The molecular weight excluding hydrogens is 480 g/mol. The molecule has 0 radical (unpaired) electrons. The standard InChI is InChI=1S/C28H35ClN2O3S/c1-18(2)31-23-13-12-21(29)16-22(23)30-27(31)35-25-24(32)17-28(34-26(25)33,20-10-6-7-11-20)15-14-19-8-4-3-5-9-19/h8,12-13,16,18,20,32H,3-7,9-11,14-15,17H2,1-2H3. The van der Waals surface area contributed by atoms with E-state index in [1.165, 1.54) is 43.0 Å².